The van der Waals surface area contributed by atoms with Gasteiger partial charge in [-0.05, 0) is 66.8 Å². The largest absolute Gasteiger partial charge is 0.393 e. The van der Waals surface area contributed by atoms with Crippen LogP contribution in [0.1, 0.15) is 64.3 Å². The van der Waals surface area contributed by atoms with Crippen molar-refractivity contribution in [3.8, 4) is 0 Å². The highest BCUT2D eigenvalue weighted by Gasteiger charge is 2.30. The van der Waals surface area contributed by atoms with Crippen LogP contribution in [0, 0.1) is 11.8 Å². The number of rotatable bonds is 6. The Bertz CT molecular complexity index is 458. The fourth-order valence-corrected chi connectivity index (χ4v) is 4.42. The number of aliphatic hydroxyl groups is 1. The Morgan fingerprint density at radius 2 is 2.05 bits per heavy atom. The number of aryl methyl sites for hydroxylation is 2. The summed E-state index contributed by atoms with van der Waals surface area (Å²) in [6, 6.07) is 0. The topological polar surface area (TPSA) is 38.1 Å². The second-order valence-corrected chi connectivity index (χ2v) is 7.17. The van der Waals surface area contributed by atoms with Crippen LogP contribution in [-0.2, 0) is 19.4 Å². The van der Waals surface area contributed by atoms with Crippen LogP contribution in [0.25, 0.3) is 0 Å². The van der Waals surface area contributed by atoms with Crippen molar-refractivity contribution in [2.75, 3.05) is 0 Å². The van der Waals surface area contributed by atoms with E-state index in [9.17, 15) is 5.11 Å². The second-order valence-electron chi connectivity index (χ2n) is 6.38. The first-order valence-electron chi connectivity index (χ1n) is 8.52. The molecule has 1 aromatic heterocycles. The van der Waals surface area contributed by atoms with Gasteiger partial charge >= 0.3 is 0 Å². The van der Waals surface area contributed by atoms with Crippen LogP contribution in [0.4, 0.5) is 0 Å². The van der Waals surface area contributed by atoms with E-state index in [-0.39, 0.29) is 6.10 Å². The Hall–Kier alpha value is -0.350. The molecule has 3 atom stereocenters. The zero-order valence-corrected chi connectivity index (χ0v) is 15.2. The van der Waals surface area contributed by atoms with Gasteiger partial charge in [-0.25, -0.2) is 0 Å². The van der Waals surface area contributed by atoms with E-state index in [0.717, 1.165) is 48.3 Å². The minimum Gasteiger partial charge on any atom is -0.393 e. The van der Waals surface area contributed by atoms with Gasteiger partial charge in [-0.15, -0.1) is 0 Å². The lowest BCUT2D eigenvalue weighted by Crippen LogP contribution is -2.31. The molecule has 1 saturated carbocycles. The summed E-state index contributed by atoms with van der Waals surface area (Å²) in [5.74, 6) is 1.18. The standard InChI is InChI=1S/C17H29BrN2O/c1-4-7-12-8-9-16(21)13(10-12)11-15-17(18)14(5-2)19-20(15)6-3/h12-13,16,21H,4-11H2,1-3H3. The maximum atomic E-state index is 10.4. The van der Waals surface area contributed by atoms with Crippen molar-refractivity contribution in [3.05, 3.63) is 15.9 Å². The summed E-state index contributed by atoms with van der Waals surface area (Å²) in [6.45, 7) is 7.44. The Kier molecular flexibility index (Phi) is 6.30. The predicted molar refractivity (Wildman–Crippen MR) is 90.4 cm³/mol. The molecular formula is C17H29BrN2O. The third-order valence-corrected chi connectivity index (χ3v) is 5.81. The predicted octanol–water partition coefficient (Wildman–Crippen LogP) is 4.35. The summed E-state index contributed by atoms with van der Waals surface area (Å²) in [4.78, 5) is 0. The molecule has 3 nitrogen and oxygen atoms in total. The maximum Gasteiger partial charge on any atom is 0.0766 e. The molecule has 0 bridgehead atoms. The van der Waals surface area contributed by atoms with Gasteiger partial charge in [-0.1, -0.05) is 26.7 Å². The van der Waals surface area contributed by atoms with Gasteiger partial charge in [0.25, 0.3) is 0 Å². The summed E-state index contributed by atoms with van der Waals surface area (Å²) in [6.07, 6.45) is 7.64. The summed E-state index contributed by atoms with van der Waals surface area (Å²) in [7, 11) is 0. The first kappa shape index (κ1) is 17.0. The van der Waals surface area contributed by atoms with E-state index in [1.165, 1.54) is 25.0 Å². The van der Waals surface area contributed by atoms with Crippen molar-refractivity contribution < 1.29 is 5.11 Å². The van der Waals surface area contributed by atoms with Crippen molar-refractivity contribution >= 4 is 15.9 Å². The molecule has 0 amide bonds. The molecular weight excluding hydrogens is 328 g/mol. The van der Waals surface area contributed by atoms with Crippen molar-refractivity contribution in [2.45, 2.75) is 78.4 Å². The number of nitrogens with zero attached hydrogens (tertiary/aromatic N) is 2. The van der Waals surface area contributed by atoms with Crippen LogP contribution in [0.15, 0.2) is 4.47 Å². The second kappa shape index (κ2) is 7.77. The minimum absolute atomic E-state index is 0.143. The normalized spacial score (nSPS) is 26.2. The van der Waals surface area contributed by atoms with E-state index in [1.807, 2.05) is 0 Å². The molecule has 1 heterocycles. The minimum atomic E-state index is -0.143. The Labute approximate surface area is 137 Å². The van der Waals surface area contributed by atoms with Crippen LogP contribution < -0.4 is 0 Å². The molecule has 120 valence electrons. The van der Waals surface area contributed by atoms with Crippen molar-refractivity contribution in [3.63, 3.8) is 0 Å². The average Bonchev–Trinajstić information content (AvgIpc) is 2.79. The number of aromatic nitrogens is 2. The molecule has 0 aromatic carbocycles. The number of halogens is 1. The first-order chi connectivity index (χ1) is 10.1. The molecule has 1 aliphatic carbocycles. The third kappa shape index (κ3) is 3.89. The van der Waals surface area contributed by atoms with Gasteiger partial charge in [-0.3, -0.25) is 4.68 Å². The molecule has 21 heavy (non-hydrogen) atoms. The summed E-state index contributed by atoms with van der Waals surface area (Å²) in [5, 5.41) is 15.1. The zero-order valence-electron chi connectivity index (χ0n) is 13.6. The number of aliphatic hydroxyl groups excluding tert-OH is 1. The monoisotopic (exact) mass is 356 g/mol. The van der Waals surface area contributed by atoms with Gasteiger partial charge in [-0.2, -0.15) is 5.10 Å². The van der Waals surface area contributed by atoms with Crippen molar-refractivity contribution in [1.29, 1.82) is 0 Å². The van der Waals surface area contributed by atoms with Crippen LogP contribution in [0.3, 0.4) is 0 Å². The lowest BCUT2D eigenvalue weighted by molar-refractivity contribution is 0.0452. The summed E-state index contributed by atoms with van der Waals surface area (Å²) < 4.78 is 3.27. The molecule has 0 aliphatic heterocycles. The SMILES string of the molecule is CCCC1CCC(O)C(Cc2c(Br)c(CC)nn2CC)C1. The highest BCUT2D eigenvalue weighted by Crippen LogP contribution is 2.36. The van der Waals surface area contributed by atoms with E-state index < -0.39 is 0 Å². The third-order valence-electron chi connectivity index (χ3n) is 4.90. The van der Waals surface area contributed by atoms with Crippen molar-refractivity contribution in [2.24, 2.45) is 11.8 Å². The molecule has 1 N–H and O–H groups in total. The van der Waals surface area contributed by atoms with Crippen molar-refractivity contribution in [1.82, 2.24) is 9.78 Å². The van der Waals surface area contributed by atoms with E-state index >= 15 is 0 Å². The molecule has 1 aliphatic rings. The maximum absolute atomic E-state index is 10.4. The number of hydrogen-bond acceptors (Lipinski definition) is 2. The highest BCUT2D eigenvalue weighted by atomic mass is 79.9. The lowest BCUT2D eigenvalue weighted by atomic mass is 9.76. The molecule has 1 fully saturated rings. The van der Waals surface area contributed by atoms with Gasteiger partial charge in [0.2, 0.25) is 0 Å². The van der Waals surface area contributed by atoms with E-state index in [4.69, 9.17) is 0 Å². The Balaban J connectivity index is 2.14. The Morgan fingerprint density at radius 1 is 1.29 bits per heavy atom. The van der Waals surface area contributed by atoms with E-state index in [0.29, 0.717) is 5.92 Å². The van der Waals surface area contributed by atoms with Crippen LogP contribution in [0.5, 0.6) is 0 Å². The molecule has 0 spiro atoms. The molecule has 0 saturated heterocycles. The molecule has 0 radical (unpaired) electrons. The summed E-state index contributed by atoms with van der Waals surface area (Å²) in [5.41, 5.74) is 2.41. The van der Waals surface area contributed by atoms with Gasteiger partial charge < -0.3 is 5.11 Å². The van der Waals surface area contributed by atoms with Crippen LogP contribution in [-0.4, -0.2) is 21.0 Å². The van der Waals surface area contributed by atoms with Gasteiger partial charge in [0, 0.05) is 6.54 Å². The lowest BCUT2D eigenvalue weighted by Gasteiger charge is -2.33. The molecule has 1 aromatic rings. The fourth-order valence-electron chi connectivity index (χ4n) is 3.70. The zero-order chi connectivity index (χ0) is 15.4. The quantitative estimate of drug-likeness (QED) is 0.822. The van der Waals surface area contributed by atoms with E-state index in [1.54, 1.807) is 0 Å². The van der Waals surface area contributed by atoms with Gasteiger partial charge in [0.05, 0.1) is 22.0 Å². The molecule has 4 heteroatoms. The van der Waals surface area contributed by atoms with E-state index in [2.05, 4.69) is 46.5 Å². The van der Waals surface area contributed by atoms with Gasteiger partial charge in [0.1, 0.15) is 0 Å². The fraction of sp³-hybridized carbons (Fsp3) is 0.824. The average molecular weight is 357 g/mol. The Morgan fingerprint density at radius 3 is 2.67 bits per heavy atom. The first-order valence-corrected chi connectivity index (χ1v) is 9.31. The number of hydrogen-bond donors (Lipinski definition) is 1. The summed E-state index contributed by atoms with van der Waals surface area (Å²) >= 11 is 3.73. The highest BCUT2D eigenvalue weighted by molar-refractivity contribution is 9.10. The van der Waals surface area contributed by atoms with Gasteiger partial charge in [0.15, 0.2) is 0 Å². The molecule has 2 rings (SSSR count). The smallest absolute Gasteiger partial charge is 0.0766 e. The molecule has 3 unspecified atom stereocenters. The van der Waals surface area contributed by atoms with Crippen LogP contribution in [0.2, 0.25) is 0 Å². The van der Waals surface area contributed by atoms with Crippen LogP contribution >= 0.6 is 15.9 Å².